The molecule has 2 unspecified atom stereocenters. The molecule has 9 nitrogen and oxygen atoms in total. The molecule has 2 atom stereocenters. The number of aliphatic carboxylic acids is 2. The largest absolute Gasteiger partial charge is 0.480 e. The molecule has 25 heavy (non-hydrogen) atoms. The maximum Gasteiger partial charge on any atom is 0.325 e. The Bertz CT molecular complexity index is 601. The van der Waals surface area contributed by atoms with Crippen molar-refractivity contribution in [1.29, 1.82) is 0 Å². The Kier molecular flexibility index (Phi) is 9.55. The van der Waals surface area contributed by atoms with Crippen LogP contribution in [0.15, 0.2) is 30.3 Å². The highest BCUT2D eigenvalue weighted by molar-refractivity contribution is 7.51. The van der Waals surface area contributed by atoms with Gasteiger partial charge in [0.1, 0.15) is 11.6 Å². The zero-order valence-corrected chi connectivity index (χ0v) is 14.8. The summed E-state index contributed by atoms with van der Waals surface area (Å²) in [6.45, 7) is 1.52. The van der Waals surface area contributed by atoms with Crippen molar-refractivity contribution in [3.63, 3.8) is 0 Å². The third-order valence-corrected chi connectivity index (χ3v) is 4.08. The van der Waals surface area contributed by atoms with Gasteiger partial charge in [0.05, 0.1) is 0 Å². The summed E-state index contributed by atoms with van der Waals surface area (Å²) >= 11 is 0. The highest BCUT2D eigenvalue weighted by atomic mass is 31.2. The summed E-state index contributed by atoms with van der Waals surface area (Å²) in [4.78, 5) is 37.6. The van der Waals surface area contributed by atoms with E-state index in [1.165, 1.54) is 6.92 Å². The topological polar surface area (TPSA) is 184 Å². The van der Waals surface area contributed by atoms with Crippen molar-refractivity contribution >= 4 is 19.5 Å². The van der Waals surface area contributed by atoms with Gasteiger partial charge in [-0.2, -0.15) is 0 Å². The Morgan fingerprint density at radius 3 is 2.12 bits per heavy atom. The summed E-state index contributed by atoms with van der Waals surface area (Å²) in [7, 11) is -4.00. The summed E-state index contributed by atoms with van der Waals surface area (Å²) in [6, 6.07) is 8.33. The number of carboxylic acids is 2. The van der Waals surface area contributed by atoms with Gasteiger partial charge in [-0.15, -0.1) is 0 Å². The molecule has 0 saturated carbocycles. The van der Waals surface area contributed by atoms with Gasteiger partial charge < -0.3 is 31.5 Å². The molecule has 1 aromatic carbocycles. The molecular weight excluding hydrogens is 351 g/mol. The molecule has 142 valence electrons. The summed E-state index contributed by atoms with van der Waals surface area (Å²) in [6.07, 6.45) is 0.245. The van der Waals surface area contributed by atoms with Gasteiger partial charge in [0, 0.05) is 12.6 Å². The van der Waals surface area contributed by atoms with Crippen LogP contribution in [0.4, 0.5) is 0 Å². The van der Waals surface area contributed by atoms with Gasteiger partial charge in [-0.25, -0.2) is 0 Å². The van der Waals surface area contributed by atoms with Crippen LogP contribution < -0.4 is 11.5 Å². The molecule has 0 aromatic heterocycles. The molecule has 0 bridgehead atoms. The van der Waals surface area contributed by atoms with E-state index in [4.69, 9.17) is 31.5 Å². The molecule has 0 spiro atoms. The predicted molar refractivity (Wildman–Crippen MR) is 92.1 cm³/mol. The van der Waals surface area contributed by atoms with Crippen molar-refractivity contribution in [2.75, 3.05) is 6.16 Å². The van der Waals surface area contributed by atoms with Gasteiger partial charge in [0.25, 0.3) is 0 Å². The van der Waals surface area contributed by atoms with E-state index < -0.39 is 31.1 Å². The monoisotopic (exact) mass is 376 g/mol. The van der Waals surface area contributed by atoms with Crippen molar-refractivity contribution in [3.8, 4) is 0 Å². The van der Waals surface area contributed by atoms with E-state index in [0.717, 1.165) is 5.56 Å². The van der Waals surface area contributed by atoms with E-state index in [2.05, 4.69) is 0 Å². The highest BCUT2D eigenvalue weighted by Crippen LogP contribution is 2.35. The molecule has 10 heteroatoms. The summed E-state index contributed by atoms with van der Waals surface area (Å²) < 4.78 is 10.3. The lowest BCUT2D eigenvalue weighted by molar-refractivity contribution is -0.142. The molecule has 0 heterocycles. The van der Waals surface area contributed by atoms with Gasteiger partial charge in [-0.3, -0.25) is 14.2 Å². The maximum absolute atomic E-state index is 10.7. The van der Waals surface area contributed by atoms with Crippen LogP contribution in [-0.4, -0.2) is 49.7 Å². The molecular formula is C15H25N2O7P. The van der Waals surface area contributed by atoms with E-state index in [-0.39, 0.29) is 19.0 Å². The Labute approximate surface area is 145 Å². The van der Waals surface area contributed by atoms with Crippen LogP contribution in [-0.2, 0) is 20.6 Å². The number of carbonyl (C=O) groups is 2. The van der Waals surface area contributed by atoms with E-state index in [9.17, 15) is 14.2 Å². The van der Waals surface area contributed by atoms with Crippen LogP contribution in [0.25, 0.3) is 0 Å². The third kappa shape index (κ3) is 11.4. The van der Waals surface area contributed by atoms with Crippen LogP contribution in [0.3, 0.4) is 0 Å². The zero-order valence-electron chi connectivity index (χ0n) is 13.9. The number of benzene rings is 1. The van der Waals surface area contributed by atoms with E-state index >= 15 is 0 Å². The lowest BCUT2D eigenvalue weighted by Crippen LogP contribution is -2.46. The quantitative estimate of drug-likeness (QED) is 0.349. The Morgan fingerprint density at radius 1 is 1.20 bits per heavy atom. The van der Waals surface area contributed by atoms with Crippen molar-refractivity contribution in [2.45, 2.75) is 37.8 Å². The fourth-order valence-corrected chi connectivity index (χ4v) is 2.33. The molecule has 0 aliphatic carbocycles. The second-order valence-electron chi connectivity index (χ2n) is 5.86. The van der Waals surface area contributed by atoms with E-state index in [1.54, 1.807) is 0 Å². The second-order valence-corrected chi connectivity index (χ2v) is 7.64. The van der Waals surface area contributed by atoms with Crippen LogP contribution in [0.5, 0.6) is 0 Å². The number of rotatable bonds is 8. The molecule has 0 aliphatic rings. The summed E-state index contributed by atoms with van der Waals surface area (Å²) in [5.41, 5.74) is 10.4. The molecule has 0 aliphatic heterocycles. The van der Waals surface area contributed by atoms with Gasteiger partial charge >= 0.3 is 19.5 Å². The van der Waals surface area contributed by atoms with Crippen LogP contribution in [0.1, 0.15) is 25.3 Å². The first-order chi connectivity index (χ1) is 11.3. The van der Waals surface area contributed by atoms with Crippen LogP contribution in [0, 0.1) is 0 Å². The molecule has 0 fully saturated rings. The Morgan fingerprint density at radius 2 is 1.72 bits per heavy atom. The SMILES string of the molecule is CC(N)(Cc1ccccc1)C(=O)O.NC(CCCP(=O)(O)O)C(=O)O. The standard InChI is InChI=1S/C10H13NO2.C5H12NO5P/c1-10(11,9(12)13)7-8-5-3-2-4-6-8;6-4(5(7)8)2-1-3-12(9,10)11/h2-6H,7,11H2,1H3,(H,12,13);4H,1-3,6H2,(H,7,8)(H2,9,10,11). The van der Waals surface area contributed by atoms with Gasteiger partial charge in [0.15, 0.2) is 0 Å². The predicted octanol–water partition coefficient (Wildman–Crippen LogP) is 0.387. The normalized spacial score (nSPS) is 14.6. The lowest BCUT2D eigenvalue weighted by atomic mass is 9.94. The molecule has 1 aromatic rings. The van der Waals surface area contributed by atoms with Crippen LogP contribution in [0.2, 0.25) is 0 Å². The first kappa shape index (κ1) is 23.2. The second kappa shape index (κ2) is 10.3. The lowest BCUT2D eigenvalue weighted by Gasteiger charge is -2.18. The minimum Gasteiger partial charge on any atom is -0.480 e. The average Bonchev–Trinajstić information content (AvgIpc) is 2.46. The fourth-order valence-electron chi connectivity index (χ4n) is 1.74. The highest BCUT2D eigenvalue weighted by Gasteiger charge is 2.27. The zero-order chi connectivity index (χ0) is 19.7. The average molecular weight is 376 g/mol. The first-order valence-electron chi connectivity index (χ1n) is 7.44. The van der Waals surface area contributed by atoms with Crippen molar-refractivity contribution in [2.24, 2.45) is 11.5 Å². The number of nitrogens with two attached hydrogens (primary N) is 2. The summed E-state index contributed by atoms with van der Waals surface area (Å²) in [5.74, 6) is -2.13. The Hall–Kier alpha value is -1.77. The van der Waals surface area contributed by atoms with Crippen molar-refractivity contribution in [1.82, 2.24) is 0 Å². The summed E-state index contributed by atoms with van der Waals surface area (Å²) in [5, 5.41) is 17.1. The van der Waals surface area contributed by atoms with Crippen molar-refractivity contribution in [3.05, 3.63) is 35.9 Å². The molecule has 1 rings (SSSR count). The molecule has 0 radical (unpaired) electrons. The Balaban J connectivity index is 0.000000463. The van der Waals surface area contributed by atoms with Gasteiger partial charge in [0.2, 0.25) is 0 Å². The van der Waals surface area contributed by atoms with Crippen LogP contribution >= 0.6 is 7.60 Å². The molecule has 0 amide bonds. The third-order valence-electron chi connectivity index (χ3n) is 3.18. The minimum atomic E-state index is -4.00. The molecule has 0 saturated heterocycles. The minimum absolute atomic E-state index is 0.0838. The number of hydrogen-bond acceptors (Lipinski definition) is 5. The van der Waals surface area contributed by atoms with Crippen molar-refractivity contribution < 1.29 is 34.2 Å². The maximum atomic E-state index is 10.7. The number of hydrogen-bond donors (Lipinski definition) is 6. The number of carboxylic acid groups (broad SMARTS) is 2. The smallest absolute Gasteiger partial charge is 0.325 e. The van der Waals surface area contributed by atoms with E-state index in [1.807, 2.05) is 30.3 Å². The molecule has 8 N–H and O–H groups in total. The van der Waals surface area contributed by atoms with Gasteiger partial charge in [-0.1, -0.05) is 30.3 Å². The van der Waals surface area contributed by atoms with E-state index in [0.29, 0.717) is 6.42 Å². The fraction of sp³-hybridized carbons (Fsp3) is 0.467. The van der Waals surface area contributed by atoms with Gasteiger partial charge in [-0.05, 0) is 25.3 Å². The first-order valence-corrected chi connectivity index (χ1v) is 9.24.